The molecule has 1 aliphatic heterocycles. The van der Waals surface area contributed by atoms with Crippen molar-refractivity contribution in [3.8, 4) is 0 Å². The first-order valence-electron chi connectivity index (χ1n) is 5.83. The van der Waals surface area contributed by atoms with E-state index in [2.05, 4.69) is 0 Å². The maximum absolute atomic E-state index is 12.0. The van der Waals surface area contributed by atoms with Crippen molar-refractivity contribution in [3.05, 3.63) is 0 Å². The second-order valence-electron chi connectivity index (χ2n) is 4.36. The third-order valence-corrected chi connectivity index (χ3v) is 2.79. The van der Waals surface area contributed by atoms with Crippen LogP contribution in [0.3, 0.4) is 0 Å². The van der Waals surface area contributed by atoms with Gasteiger partial charge < -0.3 is 19.6 Å². The Balaban J connectivity index is 2.47. The molecule has 0 aliphatic carbocycles. The number of carboxylic acids is 1. The Morgan fingerprint density at radius 1 is 1.41 bits per heavy atom. The van der Waals surface area contributed by atoms with Crippen LogP contribution in [-0.2, 0) is 9.53 Å². The van der Waals surface area contributed by atoms with Crippen LogP contribution in [0.1, 0.15) is 13.3 Å². The summed E-state index contributed by atoms with van der Waals surface area (Å²) in [7, 11) is 1.63. The Kier molecular flexibility index (Phi) is 5.21. The van der Waals surface area contributed by atoms with Crippen LogP contribution in [-0.4, -0.2) is 66.8 Å². The van der Waals surface area contributed by atoms with Crippen LogP contribution in [0.5, 0.6) is 0 Å². The van der Waals surface area contributed by atoms with Crippen LogP contribution in [0.15, 0.2) is 0 Å². The minimum atomic E-state index is -0.885. The lowest BCUT2D eigenvalue weighted by Crippen LogP contribution is -2.44. The summed E-state index contributed by atoms with van der Waals surface area (Å²) >= 11 is 0. The van der Waals surface area contributed by atoms with Crippen molar-refractivity contribution >= 4 is 12.0 Å². The maximum atomic E-state index is 12.0. The summed E-state index contributed by atoms with van der Waals surface area (Å²) in [4.78, 5) is 25.9. The molecule has 0 aromatic carbocycles. The molecule has 6 heteroatoms. The van der Waals surface area contributed by atoms with Gasteiger partial charge in [0.15, 0.2) is 0 Å². The van der Waals surface area contributed by atoms with Gasteiger partial charge in [-0.3, -0.25) is 4.79 Å². The molecule has 6 nitrogen and oxygen atoms in total. The quantitative estimate of drug-likeness (QED) is 0.784. The van der Waals surface area contributed by atoms with Gasteiger partial charge in [-0.2, -0.15) is 0 Å². The minimum absolute atomic E-state index is 0.122. The molecular formula is C11H20N2O4. The Morgan fingerprint density at radius 2 is 2.12 bits per heavy atom. The average molecular weight is 244 g/mol. The number of amides is 2. The zero-order valence-corrected chi connectivity index (χ0v) is 10.4. The second-order valence-corrected chi connectivity index (χ2v) is 4.36. The molecule has 1 N–H and O–H groups in total. The summed E-state index contributed by atoms with van der Waals surface area (Å²) in [5.74, 6) is -1.43. The molecule has 0 aromatic heterocycles. The van der Waals surface area contributed by atoms with Crippen molar-refractivity contribution in [2.75, 3.05) is 39.9 Å². The van der Waals surface area contributed by atoms with E-state index in [1.165, 1.54) is 4.90 Å². The lowest BCUT2D eigenvalue weighted by atomic mass is 10.2. The molecule has 1 atom stereocenters. The van der Waals surface area contributed by atoms with Gasteiger partial charge >= 0.3 is 12.0 Å². The van der Waals surface area contributed by atoms with Gasteiger partial charge in [0.1, 0.15) is 0 Å². The van der Waals surface area contributed by atoms with E-state index >= 15 is 0 Å². The summed E-state index contributed by atoms with van der Waals surface area (Å²) in [5.41, 5.74) is 0. The fourth-order valence-electron chi connectivity index (χ4n) is 1.75. The lowest BCUT2D eigenvalue weighted by Gasteiger charge is -2.27. The number of nitrogens with zero attached hydrogens (tertiary/aromatic N) is 2. The van der Waals surface area contributed by atoms with E-state index in [1.54, 1.807) is 18.9 Å². The minimum Gasteiger partial charge on any atom is -0.481 e. The molecule has 0 spiro atoms. The molecule has 98 valence electrons. The van der Waals surface area contributed by atoms with Crippen LogP contribution in [0.25, 0.3) is 0 Å². The zero-order valence-electron chi connectivity index (χ0n) is 10.4. The Morgan fingerprint density at radius 3 is 2.76 bits per heavy atom. The average Bonchev–Trinajstić information content (AvgIpc) is 2.56. The number of urea groups is 1. The SMILES string of the molecule is CC(CN(C)C(=O)N1CCCOCC1)C(=O)O. The number of aliphatic carboxylic acids is 1. The van der Waals surface area contributed by atoms with E-state index in [0.29, 0.717) is 26.3 Å². The van der Waals surface area contributed by atoms with Crippen LogP contribution in [0, 0.1) is 5.92 Å². The fraction of sp³-hybridized carbons (Fsp3) is 0.818. The van der Waals surface area contributed by atoms with E-state index < -0.39 is 11.9 Å². The lowest BCUT2D eigenvalue weighted by molar-refractivity contribution is -0.141. The van der Waals surface area contributed by atoms with Crippen molar-refractivity contribution in [1.29, 1.82) is 0 Å². The zero-order chi connectivity index (χ0) is 12.8. The van der Waals surface area contributed by atoms with Gasteiger partial charge in [0, 0.05) is 33.3 Å². The first-order valence-corrected chi connectivity index (χ1v) is 5.83. The molecule has 1 aliphatic rings. The highest BCUT2D eigenvalue weighted by molar-refractivity contribution is 5.75. The van der Waals surface area contributed by atoms with Crippen molar-refractivity contribution in [3.63, 3.8) is 0 Å². The van der Waals surface area contributed by atoms with Gasteiger partial charge in [-0.1, -0.05) is 6.92 Å². The van der Waals surface area contributed by atoms with E-state index in [1.807, 2.05) is 0 Å². The van der Waals surface area contributed by atoms with E-state index in [0.717, 1.165) is 6.42 Å². The molecule has 1 heterocycles. The summed E-state index contributed by atoms with van der Waals surface area (Å²) in [6.07, 6.45) is 0.827. The Hall–Kier alpha value is -1.30. The predicted octanol–water partition coefficient (Wildman–Crippen LogP) is 0.481. The van der Waals surface area contributed by atoms with Crippen LogP contribution < -0.4 is 0 Å². The molecule has 1 unspecified atom stereocenters. The number of hydrogen-bond acceptors (Lipinski definition) is 3. The summed E-state index contributed by atoms with van der Waals surface area (Å²) in [6, 6.07) is -0.122. The molecule has 17 heavy (non-hydrogen) atoms. The number of carbonyl (C=O) groups is 2. The van der Waals surface area contributed by atoms with Crippen molar-refractivity contribution < 1.29 is 19.4 Å². The van der Waals surface area contributed by atoms with Crippen LogP contribution >= 0.6 is 0 Å². The molecule has 1 saturated heterocycles. The third-order valence-electron chi connectivity index (χ3n) is 2.79. The second kappa shape index (κ2) is 6.44. The van der Waals surface area contributed by atoms with E-state index in [4.69, 9.17) is 9.84 Å². The number of rotatable bonds is 3. The fourth-order valence-corrected chi connectivity index (χ4v) is 1.75. The monoisotopic (exact) mass is 244 g/mol. The van der Waals surface area contributed by atoms with E-state index in [9.17, 15) is 9.59 Å². The first kappa shape index (κ1) is 13.8. The predicted molar refractivity (Wildman–Crippen MR) is 61.8 cm³/mol. The molecule has 2 amide bonds. The molecular weight excluding hydrogens is 224 g/mol. The molecule has 0 aromatic rings. The van der Waals surface area contributed by atoms with Gasteiger partial charge in [-0.25, -0.2) is 4.79 Å². The molecule has 1 fully saturated rings. The summed E-state index contributed by atoms with van der Waals surface area (Å²) in [6.45, 7) is 4.30. The number of ether oxygens (including phenoxy) is 1. The molecule has 0 radical (unpaired) electrons. The number of carboxylic acid groups (broad SMARTS) is 1. The highest BCUT2D eigenvalue weighted by Crippen LogP contribution is 2.06. The topological polar surface area (TPSA) is 70.1 Å². The number of hydrogen-bond donors (Lipinski definition) is 1. The van der Waals surface area contributed by atoms with E-state index in [-0.39, 0.29) is 12.6 Å². The summed E-state index contributed by atoms with van der Waals surface area (Å²) in [5, 5.41) is 8.80. The Labute approximate surface area is 101 Å². The van der Waals surface area contributed by atoms with Crippen LogP contribution in [0.4, 0.5) is 4.79 Å². The normalized spacial score (nSPS) is 18.4. The highest BCUT2D eigenvalue weighted by Gasteiger charge is 2.22. The smallest absolute Gasteiger partial charge is 0.319 e. The number of carbonyl (C=O) groups excluding carboxylic acids is 1. The van der Waals surface area contributed by atoms with Crippen molar-refractivity contribution in [2.24, 2.45) is 5.92 Å². The highest BCUT2D eigenvalue weighted by atomic mass is 16.5. The van der Waals surface area contributed by atoms with Crippen LogP contribution in [0.2, 0.25) is 0 Å². The molecule has 1 rings (SSSR count). The first-order chi connectivity index (χ1) is 8.02. The van der Waals surface area contributed by atoms with Crippen molar-refractivity contribution in [2.45, 2.75) is 13.3 Å². The largest absolute Gasteiger partial charge is 0.481 e. The van der Waals surface area contributed by atoms with Gasteiger partial charge in [0.2, 0.25) is 0 Å². The maximum Gasteiger partial charge on any atom is 0.319 e. The van der Waals surface area contributed by atoms with Crippen molar-refractivity contribution in [1.82, 2.24) is 9.80 Å². The standard InChI is InChI=1S/C11H20N2O4/c1-9(10(14)15)8-12(2)11(16)13-4-3-6-17-7-5-13/h9H,3-8H2,1-2H3,(H,14,15). The van der Waals surface area contributed by atoms with Gasteiger partial charge in [-0.15, -0.1) is 0 Å². The van der Waals surface area contributed by atoms with Gasteiger partial charge in [-0.05, 0) is 6.42 Å². The third kappa shape index (κ3) is 4.22. The summed E-state index contributed by atoms with van der Waals surface area (Å²) < 4.78 is 5.27. The molecule has 0 bridgehead atoms. The Bertz CT molecular complexity index is 275. The van der Waals surface area contributed by atoms with Gasteiger partial charge in [0.25, 0.3) is 0 Å². The molecule has 0 saturated carbocycles. The van der Waals surface area contributed by atoms with Gasteiger partial charge in [0.05, 0.1) is 12.5 Å².